The largest absolute Gasteiger partial charge is 0.392 e. The van der Waals surface area contributed by atoms with Crippen LogP contribution >= 0.6 is 0 Å². The lowest BCUT2D eigenvalue weighted by atomic mass is 10.1. The number of hydrogen-bond donors (Lipinski definition) is 3. The van der Waals surface area contributed by atoms with Gasteiger partial charge in [-0.15, -0.1) is 0 Å². The number of hydrogen-bond acceptors (Lipinski definition) is 5. The van der Waals surface area contributed by atoms with Crippen molar-refractivity contribution in [3.05, 3.63) is 11.8 Å². The van der Waals surface area contributed by atoms with Crippen LogP contribution in [-0.4, -0.2) is 54.8 Å². The first-order valence-electron chi connectivity index (χ1n) is 5.51. The smallest absolute Gasteiger partial charge is 0.257 e. The maximum atomic E-state index is 12.0. The van der Waals surface area contributed by atoms with Crippen LogP contribution in [-0.2, 0) is 16.6 Å². The van der Waals surface area contributed by atoms with Crippen LogP contribution in [0.15, 0.2) is 11.2 Å². The van der Waals surface area contributed by atoms with Crippen LogP contribution in [0.3, 0.4) is 0 Å². The molecule has 0 fully saturated rings. The first-order valence-corrected chi connectivity index (χ1v) is 6.99. The number of aromatic amines is 1. The molecule has 0 aromatic carbocycles. The van der Waals surface area contributed by atoms with Gasteiger partial charge in [-0.25, -0.2) is 13.1 Å². The third-order valence-corrected chi connectivity index (χ3v) is 4.44. The fourth-order valence-electron chi connectivity index (χ4n) is 1.15. The summed E-state index contributed by atoms with van der Waals surface area (Å²) in [7, 11) is 0.0761. The summed E-state index contributed by atoms with van der Waals surface area (Å²) in [5, 5.41) is 15.0. The van der Waals surface area contributed by atoms with Crippen LogP contribution in [0.4, 0.5) is 0 Å². The lowest BCUT2D eigenvalue weighted by Gasteiger charge is -2.32. The zero-order valence-electron chi connectivity index (χ0n) is 11.1. The van der Waals surface area contributed by atoms with Crippen molar-refractivity contribution in [3.8, 4) is 0 Å². The Morgan fingerprint density at radius 3 is 2.61 bits per heavy atom. The van der Waals surface area contributed by atoms with Crippen molar-refractivity contribution in [1.82, 2.24) is 19.8 Å². The molecular weight excluding hydrogens is 256 g/mol. The van der Waals surface area contributed by atoms with E-state index in [0.29, 0.717) is 0 Å². The molecule has 0 radical (unpaired) electrons. The summed E-state index contributed by atoms with van der Waals surface area (Å²) in [6, 6.07) is 0. The van der Waals surface area contributed by atoms with Gasteiger partial charge in [-0.05, 0) is 27.9 Å². The van der Waals surface area contributed by atoms with Crippen LogP contribution < -0.4 is 4.72 Å². The van der Waals surface area contributed by atoms with Crippen molar-refractivity contribution in [3.63, 3.8) is 0 Å². The highest BCUT2D eigenvalue weighted by atomic mass is 32.2. The van der Waals surface area contributed by atoms with Crippen LogP contribution in [0.5, 0.6) is 0 Å². The van der Waals surface area contributed by atoms with Gasteiger partial charge < -0.3 is 10.0 Å². The minimum atomic E-state index is -3.68. The van der Waals surface area contributed by atoms with Gasteiger partial charge >= 0.3 is 0 Å². The first kappa shape index (κ1) is 15.1. The minimum absolute atomic E-state index is 0.0837. The van der Waals surface area contributed by atoms with Gasteiger partial charge in [0.25, 0.3) is 10.0 Å². The molecule has 0 aliphatic heterocycles. The number of aliphatic hydroxyl groups is 1. The molecule has 0 amide bonds. The second kappa shape index (κ2) is 5.35. The quantitative estimate of drug-likeness (QED) is 0.652. The second-order valence-corrected chi connectivity index (χ2v) is 6.62. The highest BCUT2D eigenvalue weighted by Gasteiger charge is 2.26. The van der Waals surface area contributed by atoms with Crippen LogP contribution in [0.2, 0.25) is 0 Å². The molecule has 8 heteroatoms. The number of likely N-dealkylation sites (N-methyl/N-ethyl adjacent to an activating group) is 1. The second-order valence-electron chi connectivity index (χ2n) is 4.91. The van der Waals surface area contributed by atoms with E-state index in [1.165, 1.54) is 6.20 Å². The predicted molar refractivity (Wildman–Crippen MR) is 67.5 cm³/mol. The standard InChI is InChI=1S/C10H20N4O3S/c1-10(2,14(3)4)7-12-18(16,17)9-8(6-15)5-11-13-9/h5,12,15H,6-7H2,1-4H3,(H,11,13). The molecule has 0 aliphatic carbocycles. The molecule has 7 nitrogen and oxygen atoms in total. The predicted octanol–water partition coefficient (Wildman–Crippen LogP) is -0.479. The molecule has 0 saturated carbocycles. The van der Waals surface area contributed by atoms with Crippen molar-refractivity contribution in [2.45, 2.75) is 31.0 Å². The highest BCUT2D eigenvalue weighted by Crippen LogP contribution is 2.14. The molecule has 104 valence electrons. The van der Waals surface area contributed by atoms with E-state index in [9.17, 15) is 8.42 Å². The number of nitrogens with zero attached hydrogens (tertiary/aromatic N) is 2. The molecule has 18 heavy (non-hydrogen) atoms. The van der Waals surface area contributed by atoms with Crippen molar-refractivity contribution < 1.29 is 13.5 Å². The van der Waals surface area contributed by atoms with Crippen LogP contribution in [0, 0.1) is 0 Å². The average Bonchev–Trinajstić information content (AvgIpc) is 2.75. The topological polar surface area (TPSA) is 98.3 Å². The zero-order valence-corrected chi connectivity index (χ0v) is 11.9. The molecule has 0 atom stereocenters. The van der Waals surface area contributed by atoms with E-state index in [2.05, 4.69) is 14.9 Å². The van der Waals surface area contributed by atoms with E-state index < -0.39 is 10.0 Å². The van der Waals surface area contributed by atoms with Gasteiger partial charge in [0, 0.05) is 17.6 Å². The Labute approximate surface area is 107 Å². The monoisotopic (exact) mass is 276 g/mol. The van der Waals surface area contributed by atoms with Crippen molar-refractivity contribution in [1.29, 1.82) is 0 Å². The summed E-state index contributed by atoms with van der Waals surface area (Å²) < 4.78 is 26.6. The van der Waals surface area contributed by atoms with E-state index in [1.807, 2.05) is 32.8 Å². The van der Waals surface area contributed by atoms with E-state index in [0.717, 1.165) is 0 Å². The normalized spacial score (nSPS) is 13.2. The average molecular weight is 276 g/mol. The molecule has 0 aliphatic rings. The SMILES string of the molecule is CN(C)C(C)(C)CNS(=O)(=O)c1[nH]ncc1CO. The van der Waals surface area contributed by atoms with Crippen molar-refractivity contribution in [2.75, 3.05) is 20.6 Å². The molecular formula is C10H20N4O3S. The van der Waals surface area contributed by atoms with Gasteiger partial charge in [-0.3, -0.25) is 5.10 Å². The maximum Gasteiger partial charge on any atom is 0.257 e. The van der Waals surface area contributed by atoms with E-state index in [-0.39, 0.29) is 29.3 Å². The Balaban J connectivity index is 2.84. The number of aliphatic hydroxyl groups excluding tert-OH is 1. The Morgan fingerprint density at radius 2 is 2.11 bits per heavy atom. The fourth-order valence-corrected chi connectivity index (χ4v) is 2.47. The number of rotatable bonds is 6. The summed E-state index contributed by atoms with van der Waals surface area (Å²) in [6.45, 7) is 3.74. The molecule has 1 heterocycles. The summed E-state index contributed by atoms with van der Waals surface area (Å²) in [4.78, 5) is 1.93. The first-order chi connectivity index (χ1) is 8.20. The molecule has 0 unspecified atom stereocenters. The van der Waals surface area contributed by atoms with Gasteiger partial charge in [0.15, 0.2) is 5.03 Å². The number of aromatic nitrogens is 2. The summed E-state index contributed by atoms with van der Waals surface area (Å²) >= 11 is 0. The van der Waals surface area contributed by atoms with E-state index >= 15 is 0 Å². The maximum absolute atomic E-state index is 12.0. The molecule has 0 saturated heterocycles. The Morgan fingerprint density at radius 1 is 1.50 bits per heavy atom. The van der Waals surface area contributed by atoms with Crippen LogP contribution in [0.1, 0.15) is 19.4 Å². The van der Waals surface area contributed by atoms with Gasteiger partial charge in [0.2, 0.25) is 0 Å². The molecule has 1 aromatic rings. The summed E-state index contributed by atoms with van der Waals surface area (Å²) in [6.07, 6.45) is 1.30. The third-order valence-electron chi connectivity index (χ3n) is 3.02. The Hall–Kier alpha value is -0.960. The highest BCUT2D eigenvalue weighted by molar-refractivity contribution is 7.89. The zero-order chi connectivity index (χ0) is 14.0. The van der Waals surface area contributed by atoms with Gasteiger partial charge in [0.05, 0.1) is 12.8 Å². The van der Waals surface area contributed by atoms with E-state index in [1.54, 1.807) is 0 Å². The minimum Gasteiger partial charge on any atom is -0.392 e. The molecule has 1 aromatic heterocycles. The van der Waals surface area contributed by atoms with Gasteiger partial charge in [-0.1, -0.05) is 0 Å². The lowest BCUT2D eigenvalue weighted by molar-refractivity contribution is 0.198. The third kappa shape index (κ3) is 3.29. The van der Waals surface area contributed by atoms with Gasteiger partial charge in [-0.2, -0.15) is 5.10 Å². The Bertz CT molecular complexity index is 493. The van der Waals surface area contributed by atoms with Crippen molar-refractivity contribution in [2.24, 2.45) is 0 Å². The van der Waals surface area contributed by atoms with Crippen LogP contribution in [0.25, 0.3) is 0 Å². The number of H-pyrrole nitrogens is 1. The molecule has 0 spiro atoms. The molecule has 3 N–H and O–H groups in total. The fraction of sp³-hybridized carbons (Fsp3) is 0.700. The number of nitrogens with one attached hydrogen (secondary N) is 2. The van der Waals surface area contributed by atoms with E-state index in [4.69, 9.17) is 5.11 Å². The van der Waals surface area contributed by atoms with Crippen molar-refractivity contribution >= 4 is 10.0 Å². The molecule has 1 rings (SSSR count). The number of sulfonamides is 1. The lowest BCUT2D eigenvalue weighted by Crippen LogP contribution is -2.48. The summed E-state index contributed by atoms with van der Waals surface area (Å²) in [5.74, 6) is 0. The Kier molecular flexibility index (Phi) is 4.49. The summed E-state index contributed by atoms with van der Waals surface area (Å²) in [5.41, 5.74) is -0.0582. The molecule has 0 bridgehead atoms. The van der Waals surface area contributed by atoms with Gasteiger partial charge in [0.1, 0.15) is 0 Å².